The Labute approximate surface area is 99.7 Å². The van der Waals surface area contributed by atoms with E-state index in [1.807, 2.05) is 13.1 Å². The van der Waals surface area contributed by atoms with Crippen LogP contribution in [-0.4, -0.2) is 19.7 Å². The fraction of sp³-hybridized carbons (Fsp3) is 0.222. The molecule has 78 valence electrons. The van der Waals surface area contributed by atoms with Crippen molar-refractivity contribution in [2.75, 3.05) is 0 Å². The van der Waals surface area contributed by atoms with Gasteiger partial charge < -0.3 is 4.98 Å². The van der Waals surface area contributed by atoms with Crippen LogP contribution >= 0.6 is 22.6 Å². The van der Waals surface area contributed by atoms with Crippen molar-refractivity contribution in [2.45, 2.75) is 13.3 Å². The summed E-state index contributed by atoms with van der Waals surface area (Å²) in [5.74, 6) is 1.22. The molecule has 0 saturated heterocycles. The number of rotatable bonds is 2. The van der Waals surface area contributed by atoms with E-state index in [9.17, 15) is 4.79 Å². The fourth-order valence-electron chi connectivity index (χ4n) is 1.20. The van der Waals surface area contributed by atoms with Crippen LogP contribution in [0.5, 0.6) is 0 Å². The summed E-state index contributed by atoms with van der Waals surface area (Å²) in [6, 6.07) is 1.43. The predicted molar refractivity (Wildman–Crippen MR) is 64.1 cm³/mol. The van der Waals surface area contributed by atoms with Gasteiger partial charge in [-0.25, -0.2) is 9.67 Å². The van der Waals surface area contributed by atoms with E-state index in [0.29, 0.717) is 18.1 Å². The number of aromatic amines is 1. The zero-order valence-corrected chi connectivity index (χ0v) is 10.2. The molecule has 1 N–H and O–H groups in total. The van der Waals surface area contributed by atoms with Gasteiger partial charge in [0, 0.05) is 18.7 Å². The van der Waals surface area contributed by atoms with Crippen molar-refractivity contribution in [2.24, 2.45) is 0 Å². The van der Waals surface area contributed by atoms with Gasteiger partial charge >= 0.3 is 0 Å². The molecule has 0 saturated carbocycles. The van der Waals surface area contributed by atoms with Crippen LogP contribution in [0.2, 0.25) is 0 Å². The van der Waals surface area contributed by atoms with Gasteiger partial charge in [-0.3, -0.25) is 4.79 Å². The molecule has 2 aromatic heterocycles. The van der Waals surface area contributed by atoms with Crippen LogP contribution in [0.15, 0.2) is 23.3 Å². The number of nitrogens with one attached hydrogen (secondary N) is 1. The second-order valence-corrected chi connectivity index (χ2v) is 4.25. The van der Waals surface area contributed by atoms with E-state index in [1.165, 1.54) is 6.07 Å². The van der Waals surface area contributed by atoms with E-state index >= 15 is 0 Å². The third-order valence-corrected chi connectivity index (χ3v) is 2.45. The molecule has 0 aliphatic carbocycles. The second kappa shape index (κ2) is 4.13. The van der Waals surface area contributed by atoms with Gasteiger partial charge in [-0.1, -0.05) is 6.92 Å². The quantitative estimate of drug-likeness (QED) is 0.845. The highest BCUT2D eigenvalue weighted by molar-refractivity contribution is 14.1. The van der Waals surface area contributed by atoms with Crippen molar-refractivity contribution in [3.05, 3.63) is 38.2 Å². The summed E-state index contributed by atoms with van der Waals surface area (Å²) in [6.07, 6.45) is 4.23. The highest BCUT2D eigenvalue weighted by Crippen LogP contribution is 2.05. The van der Waals surface area contributed by atoms with Crippen molar-refractivity contribution in [1.82, 2.24) is 19.7 Å². The average Bonchev–Trinajstić information content (AvgIpc) is 2.64. The molecule has 6 heteroatoms. The van der Waals surface area contributed by atoms with Crippen molar-refractivity contribution < 1.29 is 0 Å². The third kappa shape index (κ3) is 2.25. The Kier molecular flexibility index (Phi) is 2.85. The Balaban J connectivity index is 2.53. The number of hydrogen-bond donors (Lipinski definition) is 1. The molecule has 2 aromatic rings. The first-order valence-electron chi connectivity index (χ1n) is 4.50. The maximum absolute atomic E-state index is 11.3. The second-order valence-electron chi connectivity index (χ2n) is 3.01. The summed E-state index contributed by atoms with van der Waals surface area (Å²) in [6.45, 7) is 1.94. The topological polar surface area (TPSA) is 63.6 Å². The molecule has 2 heterocycles. The first-order valence-corrected chi connectivity index (χ1v) is 5.57. The van der Waals surface area contributed by atoms with Crippen LogP contribution in [0.4, 0.5) is 0 Å². The molecule has 0 radical (unpaired) electrons. The average molecular weight is 316 g/mol. The molecule has 15 heavy (non-hydrogen) atoms. The van der Waals surface area contributed by atoms with Gasteiger partial charge in [0.2, 0.25) is 0 Å². The van der Waals surface area contributed by atoms with Gasteiger partial charge in [-0.05, 0) is 22.6 Å². The zero-order valence-electron chi connectivity index (χ0n) is 8.07. The van der Waals surface area contributed by atoms with E-state index in [1.54, 1.807) is 10.9 Å². The van der Waals surface area contributed by atoms with Crippen LogP contribution in [0.1, 0.15) is 12.7 Å². The minimum Gasteiger partial charge on any atom is -0.310 e. The molecule has 0 unspecified atom stereocenters. The smallest absolute Gasteiger partial charge is 0.253 e. The first-order chi connectivity index (χ1) is 7.19. The Hall–Kier alpha value is -1.18. The molecule has 0 spiro atoms. The number of H-pyrrole nitrogens is 1. The highest BCUT2D eigenvalue weighted by Gasteiger charge is 2.03. The van der Waals surface area contributed by atoms with Crippen LogP contribution in [0, 0.1) is 3.57 Å². The molecule has 0 atom stereocenters. The summed E-state index contributed by atoms with van der Waals surface area (Å²) < 4.78 is 2.60. The fourth-order valence-corrected chi connectivity index (χ4v) is 1.59. The van der Waals surface area contributed by atoms with Gasteiger partial charge in [0.1, 0.15) is 5.82 Å². The minimum absolute atomic E-state index is 0.151. The molecule has 5 nitrogen and oxygen atoms in total. The summed E-state index contributed by atoms with van der Waals surface area (Å²) >= 11 is 2.16. The summed E-state index contributed by atoms with van der Waals surface area (Å²) in [5, 5.41) is 4.10. The molecule has 0 amide bonds. The normalized spacial score (nSPS) is 10.5. The van der Waals surface area contributed by atoms with E-state index in [0.717, 1.165) is 3.57 Å². The molecule has 0 bridgehead atoms. The van der Waals surface area contributed by atoms with E-state index in [4.69, 9.17) is 0 Å². The van der Waals surface area contributed by atoms with Gasteiger partial charge in [0.15, 0.2) is 5.82 Å². The molecule has 0 fully saturated rings. The third-order valence-electron chi connectivity index (χ3n) is 1.90. The van der Waals surface area contributed by atoms with Crippen LogP contribution in [0.3, 0.4) is 0 Å². The number of halogens is 1. The van der Waals surface area contributed by atoms with Crippen molar-refractivity contribution in [1.29, 1.82) is 0 Å². The lowest BCUT2D eigenvalue weighted by Crippen LogP contribution is -2.13. The Morgan fingerprint density at radius 3 is 3.00 bits per heavy atom. The van der Waals surface area contributed by atoms with E-state index < -0.39 is 0 Å². The Morgan fingerprint density at radius 1 is 1.60 bits per heavy atom. The summed E-state index contributed by atoms with van der Waals surface area (Å²) in [5.41, 5.74) is -0.151. The lowest BCUT2D eigenvalue weighted by atomic mass is 10.4. The zero-order chi connectivity index (χ0) is 10.8. The molecule has 2 rings (SSSR count). The molecule has 0 aliphatic heterocycles. The highest BCUT2D eigenvalue weighted by atomic mass is 127. The van der Waals surface area contributed by atoms with E-state index in [-0.39, 0.29) is 5.56 Å². The van der Waals surface area contributed by atoms with Gasteiger partial charge in [0.25, 0.3) is 5.56 Å². The van der Waals surface area contributed by atoms with Crippen molar-refractivity contribution in [3.63, 3.8) is 0 Å². The minimum atomic E-state index is -0.151. The van der Waals surface area contributed by atoms with Crippen LogP contribution in [-0.2, 0) is 6.42 Å². The maximum atomic E-state index is 11.3. The monoisotopic (exact) mass is 316 g/mol. The van der Waals surface area contributed by atoms with Crippen molar-refractivity contribution >= 4 is 22.6 Å². The number of aryl methyl sites for hydroxylation is 1. The van der Waals surface area contributed by atoms with Gasteiger partial charge in [-0.15, -0.1) is 0 Å². The standard InChI is InChI=1S/C9H9IN4O/c1-2-7-12-8(3-9(15)13-7)14-5-6(10)4-11-14/h3-5H,2H2,1H3,(H,12,13,15). The summed E-state index contributed by atoms with van der Waals surface area (Å²) in [4.78, 5) is 18.3. The van der Waals surface area contributed by atoms with Crippen LogP contribution < -0.4 is 5.56 Å². The molecule has 0 aromatic carbocycles. The first kappa shape index (κ1) is 10.3. The lowest BCUT2D eigenvalue weighted by molar-refractivity contribution is 0.805. The molecule has 0 aliphatic rings. The summed E-state index contributed by atoms with van der Waals surface area (Å²) in [7, 11) is 0. The number of nitrogens with zero attached hydrogens (tertiary/aromatic N) is 3. The van der Waals surface area contributed by atoms with E-state index in [2.05, 4.69) is 37.7 Å². The molecular weight excluding hydrogens is 307 g/mol. The van der Waals surface area contributed by atoms with Crippen molar-refractivity contribution in [3.8, 4) is 5.82 Å². The number of aromatic nitrogens is 4. The number of hydrogen-bond acceptors (Lipinski definition) is 3. The van der Waals surface area contributed by atoms with Crippen LogP contribution in [0.25, 0.3) is 5.82 Å². The maximum Gasteiger partial charge on any atom is 0.253 e. The largest absolute Gasteiger partial charge is 0.310 e. The predicted octanol–water partition coefficient (Wildman–Crippen LogP) is 1.12. The Morgan fingerprint density at radius 2 is 2.40 bits per heavy atom. The van der Waals surface area contributed by atoms with Gasteiger partial charge in [0.05, 0.1) is 9.77 Å². The van der Waals surface area contributed by atoms with Gasteiger partial charge in [-0.2, -0.15) is 5.10 Å². The lowest BCUT2D eigenvalue weighted by Gasteiger charge is -2.01. The SMILES string of the molecule is CCc1nc(-n2cc(I)cn2)cc(=O)[nH]1. The Bertz CT molecular complexity index is 531. The molecular formula is C9H9IN4O.